The van der Waals surface area contributed by atoms with Crippen LogP contribution >= 0.6 is 0 Å². The van der Waals surface area contributed by atoms with Gasteiger partial charge in [0.15, 0.2) is 0 Å². The van der Waals surface area contributed by atoms with Crippen LogP contribution < -0.4 is 5.32 Å². The Labute approximate surface area is 120 Å². The molecule has 0 bridgehead atoms. The van der Waals surface area contributed by atoms with Gasteiger partial charge in [-0.15, -0.1) is 0 Å². The number of hydrogen-bond donors (Lipinski definition) is 1. The van der Waals surface area contributed by atoms with E-state index in [1.54, 1.807) is 0 Å². The molecule has 4 heteroatoms. The summed E-state index contributed by atoms with van der Waals surface area (Å²) >= 11 is 0. The summed E-state index contributed by atoms with van der Waals surface area (Å²) in [6, 6.07) is 0.626. The van der Waals surface area contributed by atoms with Crippen molar-refractivity contribution in [3.05, 3.63) is 12.2 Å². The van der Waals surface area contributed by atoms with E-state index in [9.17, 15) is 9.59 Å². The zero-order valence-electron chi connectivity index (χ0n) is 12.2. The highest BCUT2D eigenvalue weighted by Gasteiger charge is 2.52. The fourth-order valence-electron chi connectivity index (χ4n) is 3.54. The summed E-state index contributed by atoms with van der Waals surface area (Å²) in [6.45, 7) is 7.27. The van der Waals surface area contributed by atoms with Crippen LogP contribution in [0.15, 0.2) is 12.2 Å². The molecule has 20 heavy (non-hydrogen) atoms. The third-order valence-electron chi connectivity index (χ3n) is 5.00. The van der Waals surface area contributed by atoms with Crippen LogP contribution in [0.4, 0.5) is 0 Å². The fourth-order valence-corrected chi connectivity index (χ4v) is 3.54. The van der Waals surface area contributed by atoms with Crippen LogP contribution in [0.2, 0.25) is 0 Å². The average molecular weight is 276 g/mol. The number of nitrogens with one attached hydrogen (secondary N) is 1. The molecule has 1 heterocycles. The van der Waals surface area contributed by atoms with Crippen molar-refractivity contribution in [2.75, 3.05) is 13.1 Å². The fraction of sp³-hybridized carbons (Fsp3) is 0.750. The van der Waals surface area contributed by atoms with E-state index >= 15 is 0 Å². The van der Waals surface area contributed by atoms with Gasteiger partial charge in [-0.3, -0.25) is 14.5 Å². The third-order valence-corrected chi connectivity index (χ3v) is 5.00. The highest BCUT2D eigenvalue weighted by Crippen LogP contribution is 2.44. The number of amides is 2. The number of carbonyl (C=O) groups excluding carboxylic acids is 2. The SMILES string of the molecule is C=C(CNC1CC1)CN1C(=O)C2CC(CC)CC2C1=O. The van der Waals surface area contributed by atoms with Gasteiger partial charge in [-0.1, -0.05) is 19.9 Å². The van der Waals surface area contributed by atoms with Crippen LogP contribution in [0.3, 0.4) is 0 Å². The summed E-state index contributed by atoms with van der Waals surface area (Å²) in [5.74, 6) is 0.556. The molecule has 3 fully saturated rings. The summed E-state index contributed by atoms with van der Waals surface area (Å²) in [7, 11) is 0. The van der Waals surface area contributed by atoms with Crippen molar-refractivity contribution in [3.63, 3.8) is 0 Å². The molecular formula is C16H24N2O2. The van der Waals surface area contributed by atoms with E-state index in [0.29, 0.717) is 25.0 Å². The van der Waals surface area contributed by atoms with Gasteiger partial charge in [-0.05, 0) is 37.2 Å². The van der Waals surface area contributed by atoms with Gasteiger partial charge in [-0.25, -0.2) is 0 Å². The Kier molecular flexibility index (Phi) is 3.67. The third kappa shape index (κ3) is 2.53. The second-order valence-corrected chi connectivity index (χ2v) is 6.63. The molecule has 0 aromatic carbocycles. The van der Waals surface area contributed by atoms with E-state index in [1.807, 2.05) is 0 Å². The zero-order chi connectivity index (χ0) is 14.3. The van der Waals surface area contributed by atoms with Gasteiger partial charge in [-0.2, -0.15) is 0 Å². The van der Waals surface area contributed by atoms with Crippen molar-refractivity contribution in [3.8, 4) is 0 Å². The molecule has 1 N–H and O–H groups in total. The normalized spacial score (nSPS) is 32.9. The maximum atomic E-state index is 12.4. The summed E-state index contributed by atoms with van der Waals surface area (Å²) in [4.78, 5) is 26.2. The lowest BCUT2D eigenvalue weighted by Crippen LogP contribution is -2.36. The quantitative estimate of drug-likeness (QED) is 0.593. The lowest BCUT2D eigenvalue weighted by atomic mass is 10.00. The minimum absolute atomic E-state index is 0.0448. The molecule has 110 valence electrons. The second kappa shape index (κ2) is 5.32. The van der Waals surface area contributed by atoms with E-state index in [0.717, 1.165) is 24.8 Å². The first-order valence-corrected chi connectivity index (χ1v) is 7.85. The maximum absolute atomic E-state index is 12.4. The second-order valence-electron chi connectivity index (χ2n) is 6.63. The van der Waals surface area contributed by atoms with E-state index < -0.39 is 0 Å². The van der Waals surface area contributed by atoms with Crippen LogP contribution in [0, 0.1) is 17.8 Å². The van der Waals surface area contributed by atoms with Crippen molar-refractivity contribution in [2.45, 2.75) is 45.1 Å². The Morgan fingerprint density at radius 1 is 1.25 bits per heavy atom. The van der Waals surface area contributed by atoms with E-state index in [2.05, 4.69) is 18.8 Å². The number of carbonyl (C=O) groups is 2. The number of rotatable bonds is 6. The molecule has 0 aromatic heterocycles. The predicted molar refractivity (Wildman–Crippen MR) is 76.9 cm³/mol. The molecule has 2 amide bonds. The molecule has 3 rings (SSSR count). The maximum Gasteiger partial charge on any atom is 0.233 e. The summed E-state index contributed by atoms with van der Waals surface area (Å²) in [5, 5.41) is 3.38. The van der Waals surface area contributed by atoms with Crippen molar-refractivity contribution in [2.24, 2.45) is 17.8 Å². The van der Waals surface area contributed by atoms with E-state index in [-0.39, 0.29) is 23.7 Å². The molecular weight excluding hydrogens is 252 g/mol. The van der Waals surface area contributed by atoms with E-state index in [4.69, 9.17) is 0 Å². The minimum atomic E-state index is -0.0448. The standard InChI is InChI=1S/C16H24N2O2/c1-3-11-6-13-14(7-11)16(20)18(15(13)19)9-10(2)8-17-12-4-5-12/h11-14,17H,2-9H2,1H3. The molecule has 0 aromatic rings. The monoisotopic (exact) mass is 276 g/mol. The molecule has 2 atom stereocenters. The minimum Gasteiger partial charge on any atom is -0.310 e. The number of likely N-dealkylation sites (tertiary alicyclic amines) is 1. The number of hydrogen-bond acceptors (Lipinski definition) is 3. The zero-order valence-corrected chi connectivity index (χ0v) is 12.2. The van der Waals surface area contributed by atoms with Crippen LogP contribution in [0.25, 0.3) is 0 Å². The molecule has 1 saturated heterocycles. The molecule has 2 saturated carbocycles. The Morgan fingerprint density at radius 3 is 2.35 bits per heavy atom. The molecule has 2 unspecified atom stereocenters. The van der Waals surface area contributed by atoms with Crippen LogP contribution in [0.1, 0.15) is 39.0 Å². The largest absolute Gasteiger partial charge is 0.310 e. The van der Waals surface area contributed by atoms with Gasteiger partial charge in [0.2, 0.25) is 11.8 Å². The predicted octanol–water partition coefficient (Wildman–Crippen LogP) is 1.72. The van der Waals surface area contributed by atoms with Crippen LogP contribution in [-0.2, 0) is 9.59 Å². The summed E-state index contributed by atoms with van der Waals surface area (Å²) < 4.78 is 0. The first-order chi connectivity index (χ1) is 9.60. The smallest absolute Gasteiger partial charge is 0.233 e. The lowest BCUT2D eigenvalue weighted by molar-refractivity contribution is -0.140. The Morgan fingerprint density at radius 2 is 1.85 bits per heavy atom. The van der Waals surface area contributed by atoms with Gasteiger partial charge in [0.05, 0.1) is 18.4 Å². The van der Waals surface area contributed by atoms with Crippen molar-refractivity contribution in [1.82, 2.24) is 10.2 Å². The van der Waals surface area contributed by atoms with Gasteiger partial charge in [0.25, 0.3) is 0 Å². The molecule has 0 spiro atoms. The van der Waals surface area contributed by atoms with Gasteiger partial charge < -0.3 is 5.32 Å². The average Bonchev–Trinajstić information content (AvgIpc) is 3.13. The summed E-state index contributed by atoms with van der Waals surface area (Å²) in [6.07, 6.45) is 5.34. The Bertz CT molecular complexity index is 418. The first-order valence-electron chi connectivity index (χ1n) is 7.85. The van der Waals surface area contributed by atoms with Crippen molar-refractivity contribution >= 4 is 11.8 Å². The Balaban J connectivity index is 1.56. The van der Waals surface area contributed by atoms with Gasteiger partial charge >= 0.3 is 0 Å². The van der Waals surface area contributed by atoms with Crippen molar-refractivity contribution < 1.29 is 9.59 Å². The number of fused-ring (bicyclic) bond motifs is 1. The highest BCUT2D eigenvalue weighted by atomic mass is 16.2. The Hall–Kier alpha value is -1.16. The van der Waals surface area contributed by atoms with Crippen LogP contribution in [-0.4, -0.2) is 35.8 Å². The van der Waals surface area contributed by atoms with Gasteiger partial charge in [0, 0.05) is 12.6 Å². The highest BCUT2D eigenvalue weighted by molar-refractivity contribution is 6.05. The van der Waals surface area contributed by atoms with E-state index in [1.165, 1.54) is 17.7 Å². The topological polar surface area (TPSA) is 49.4 Å². The number of nitrogens with zero attached hydrogens (tertiary/aromatic N) is 1. The number of imide groups is 1. The molecule has 1 aliphatic heterocycles. The molecule has 3 aliphatic rings. The molecule has 2 aliphatic carbocycles. The summed E-state index contributed by atoms with van der Waals surface area (Å²) in [5.41, 5.74) is 0.936. The molecule has 4 nitrogen and oxygen atoms in total. The van der Waals surface area contributed by atoms with Gasteiger partial charge in [0.1, 0.15) is 0 Å². The lowest BCUT2D eigenvalue weighted by Gasteiger charge is -2.19. The molecule has 0 radical (unpaired) electrons. The van der Waals surface area contributed by atoms with Crippen molar-refractivity contribution in [1.29, 1.82) is 0 Å². The van der Waals surface area contributed by atoms with Crippen LogP contribution in [0.5, 0.6) is 0 Å². The first kappa shape index (κ1) is 13.8.